The number of rotatable bonds is 1. The molecule has 3 heteroatoms. The minimum absolute atomic E-state index is 0.0278. The van der Waals surface area contributed by atoms with Crippen molar-refractivity contribution in [1.82, 2.24) is 5.32 Å². The molecule has 2 aliphatic rings. The van der Waals surface area contributed by atoms with Crippen LogP contribution in [0.2, 0.25) is 0 Å². The molecular formula is C9H14FNO. The first kappa shape index (κ1) is 8.02. The highest BCUT2D eigenvalue weighted by Crippen LogP contribution is 2.35. The molecule has 1 heterocycles. The van der Waals surface area contributed by atoms with E-state index in [1.165, 1.54) is 12.8 Å². The smallest absolute Gasteiger partial charge is 0.254 e. The third-order valence-corrected chi connectivity index (χ3v) is 3.14. The van der Waals surface area contributed by atoms with Gasteiger partial charge in [-0.1, -0.05) is 12.8 Å². The van der Waals surface area contributed by atoms with E-state index in [-0.39, 0.29) is 5.92 Å². The summed E-state index contributed by atoms with van der Waals surface area (Å²) in [5, 5.41) is 2.58. The van der Waals surface area contributed by atoms with Gasteiger partial charge in [0.05, 0.1) is 0 Å². The lowest BCUT2D eigenvalue weighted by Gasteiger charge is -2.17. The lowest BCUT2D eigenvalue weighted by atomic mass is 9.89. The maximum absolute atomic E-state index is 13.2. The van der Waals surface area contributed by atoms with Crippen LogP contribution in [-0.4, -0.2) is 18.6 Å². The van der Waals surface area contributed by atoms with Crippen LogP contribution in [0.4, 0.5) is 4.39 Å². The quantitative estimate of drug-likeness (QED) is 0.632. The summed E-state index contributed by atoms with van der Waals surface area (Å²) >= 11 is 0. The van der Waals surface area contributed by atoms with Crippen molar-refractivity contribution in [3.05, 3.63) is 0 Å². The van der Waals surface area contributed by atoms with Crippen molar-refractivity contribution in [3.63, 3.8) is 0 Å². The van der Waals surface area contributed by atoms with Crippen LogP contribution in [0.3, 0.4) is 0 Å². The van der Waals surface area contributed by atoms with Crippen molar-refractivity contribution in [2.24, 2.45) is 11.8 Å². The van der Waals surface area contributed by atoms with E-state index in [9.17, 15) is 9.18 Å². The Morgan fingerprint density at radius 2 is 2.00 bits per heavy atom. The van der Waals surface area contributed by atoms with Gasteiger partial charge in [-0.15, -0.1) is 0 Å². The second-order valence-electron chi connectivity index (χ2n) is 3.86. The van der Waals surface area contributed by atoms with Gasteiger partial charge in [-0.25, -0.2) is 4.39 Å². The third kappa shape index (κ3) is 1.21. The van der Waals surface area contributed by atoms with Crippen molar-refractivity contribution in [2.75, 3.05) is 6.54 Å². The Kier molecular flexibility index (Phi) is 2.03. The van der Waals surface area contributed by atoms with E-state index in [1.54, 1.807) is 0 Å². The average Bonchev–Trinajstić information content (AvgIpc) is 2.64. The standard InChI is InChI=1S/C9H14FNO/c10-8-7(5-11-9(8)12)6-3-1-2-4-6/h6-8H,1-5H2,(H,11,12)/t7-,8+/m0/s1. The minimum atomic E-state index is -1.23. The largest absolute Gasteiger partial charge is 0.353 e. The van der Waals surface area contributed by atoms with Gasteiger partial charge >= 0.3 is 0 Å². The maximum atomic E-state index is 13.2. The lowest BCUT2D eigenvalue weighted by Crippen LogP contribution is -2.23. The number of amides is 1. The predicted octanol–water partition coefficient (Wildman–Crippen LogP) is 1.26. The molecule has 0 bridgehead atoms. The van der Waals surface area contributed by atoms with Gasteiger partial charge in [0.25, 0.3) is 5.91 Å². The van der Waals surface area contributed by atoms with E-state index in [0.717, 1.165) is 12.8 Å². The summed E-state index contributed by atoms with van der Waals surface area (Å²) in [5.74, 6) is 0.0332. The first-order valence-electron chi connectivity index (χ1n) is 4.71. The van der Waals surface area contributed by atoms with Crippen molar-refractivity contribution in [1.29, 1.82) is 0 Å². The molecule has 0 aromatic rings. The highest BCUT2D eigenvalue weighted by atomic mass is 19.1. The highest BCUT2D eigenvalue weighted by molar-refractivity contribution is 5.83. The number of halogens is 1. The average molecular weight is 171 g/mol. The van der Waals surface area contributed by atoms with Gasteiger partial charge in [-0.05, 0) is 18.8 Å². The molecular weight excluding hydrogens is 157 g/mol. The Bertz CT molecular complexity index is 189. The molecule has 1 N–H and O–H groups in total. The molecule has 0 aromatic carbocycles. The van der Waals surface area contributed by atoms with Crippen LogP contribution in [0, 0.1) is 11.8 Å². The number of carbonyl (C=O) groups excluding carboxylic acids is 1. The number of alkyl halides is 1. The molecule has 1 saturated carbocycles. The summed E-state index contributed by atoms with van der Waals surface area (Å²) in [7, 11) is 0. The fourth-order valence-corrected chi connectivity index (χ4v) is 2.41. The van der Waals surface area contributed by atoms with Gasteiger partial charge in [0.15, 0.2) is 6.17 Å². The van der Waals surface area contributed by atoms with Crippen LogP contribution < -0.4 is 5.32 Å². The van der Waals surface area contributed by atoms with Crippen LogP contribution in [-0.2, 0) is 4.79 Å². The summed E-state index contributed by atoms with van der Waals surface area (Å²) < 4.78 is 13.2. The van der Waals surface area contributed by atoms with E-state index in [1.807, 2.05) is 0 Å². The van der Waals surface area contributed by atoms with E-state index in [2.05, 4.69) is 5.32 Å². The zero-order chi connectivity index (χ0) is 8.55. The first-order valence-corrected chi connectivity index (χ1v) is 4.71. The van der Waals surface area contributed by atoms with Gasteiger partial charge < -0.3 is 5.32 Å². The number of hydrogen-bond donors (Lipinski definition) is 1. The van der Waals surface area contributed by atoms with Crippen molar-refractivity contribution in [3.8, 4) is 0 Å². The Morgan fingerprint density at radius 1 is 1.33 bits per heavy atom. The lowest BCUT2D eigenvalue weighted by molar-refractivity contribution is -0.124. The maximum Gasteiger partial charge on any atom is 0.254 e. The fourth-order valence-electron chi connectivity index (χ4n) is 2.41. The van der Waals surface area contributed by atoms with Gasteiger partial charge in [0, 0.05) is 12.5 Å². The molecule has 0 radical (unpaired) electrons. The molecule has 0 aromatic heterocycles. The summed E-state index contributed by atoms with van der Waals surface area (Å²) in [6.07, 6.45) is 3.41. The Morgan fingerprint density at radius 3 is 2.50 bits per heavy atom. The van der Waals surface area contributed by atoms with Gasteiger partial charge in [0.1, 0.15) is 0 Å². The summed E-state index contributed by atoms with van der Waals surface area (Å²) in [6, 6.07) is 0. The topological polar surface area (TPSA) is 29.1 Å². The molecule has 12 heavy (non-hydrogen) atoms. The Hall–Kier alpha value is -0.600. The summed E-state index contributed by atoms with van der Waals surface area (Å²) in [6.45, 7) is 0.560. The zero-order valence-corrected chi connectivity index (χ0v) is 7.05. The van der Waals surface area contributed by atoms with E-state index in [4.69, 9.17) is 0 Å². The van der Waals surface area contributed by atoms with Crippen LogP contribution >= 0.6 is 0 Å². The SMILES string of the molecule is O=C1NC[C@@H](C2CCCC2)[C@H]1F. The Labute approximate surface area is 71.5 Å². The molecule has 1 aliphatic heterocycles. The Balaban J connectivity index is 1.99. The molecule has 68 valence electrons. The number of nitrogens with one attached hydrogen (secondary N) is 1. The third-order valence-electron chi connectivity index (χ3n) is 3.14. The molecule has 2 nitrogen and oxygen atoms in total. The van der Waals surface area contributed by atoms with Crippen LogP contribution in [0.25, 0.3) is 0 Å². The van der Waals surface area contributed by atoms with E-state index >= 15 is 0 Å². The van der Waals surface area contributed by atoms with Crippen LogP contribution in [0.1, 0.15) is 25.7 Å². The van der Waals surface area contributed by atoms with E-state index < -0.39 is 12.1 Å². The fraction of sp³-hybridized carbons (Fsp3) is 0.889. The van der Waals surface area contributed by atoms with Gasteiger partial charge in [0.2, 0.25) is 0 Å². The molecule has 0 spiro atoms. The molecule has 1 amide bonds. The van der Waals surface area contributed by atoms with Crippen molar-refractivity contribution < 1.29 is 9.18 Å². The molecule has 1 saturated heterocycles. The molecule has 1 aliphatic carbocycles. The van der Waals surface area contributed by atoms with Crippen molar-refractivity contribution in [2.45, 2.75) is 31.9 Å². The molecule has 2 fully saturated rings. The second-order valence-corrected chi connectivity index (χ2v) is 3.86. The van der Waals surface area contributed by atoms with E-state index in [0.29, 0.717) is 12.5 Å². The number of carbonyl (C=O) groups is 1. The minimum Gasteiger partial charge on any atom is -0.353 e. The molecule has 2 rings (SSSR count). The van der Waals surface area contributed by atoms with Crippen LogP contribution in [0.5, 0.6) is 0 Å². The summed E-state index contributed by atoms with van der Waals surface area (Å²) in [5.41, 5.74) is 0. The van der Waals surface area contributed by atoms with Gasteiger partial charge in [-0.3, -0.25) is 4.79 Å². The predicted molar refractivity (Wildman–Crippen MR) is 43.4 cm³/mol. The monoisotopic (exact) mass is 171 g/mol. The number of hydrogen-bond acceptors (Lipinski definition) is 1. The first-order chi connectivity index (χ1) is 5.79. The summed E-state index contributed by atoms with van der Waals surface area (Å²) in [4.78, 5) is 10.9. The van der Waals surface area contributed by atoms with Crippen LogP contribution in [0.15, 0.2) is 0 Å². The normalized spacial score (nSPS) is 37.2. The van der Waals surface area contributed by atoms with Crippen molar-refractivity contribution >= 4 is 5.91 Å². The highest BCUT2D eigenvalue weighted by Gasteiger charge is 2.40. The second kappa shape index (κ2) is 3.04. The zero-order valence-electron chi connectivity index (χ0n) is 7.05. The molecule has 0 unspecified atom stereocenters. The van der Waals surface area contributed by atoms with Gasteiger partial charge in [-0.2, -0.15) is 0 Å². The molecule has 2 atom stereocenters.